The number of benzene rings is 1. The van der Waals surface area contributed by atoms with E-state index in [0.29, 0.717) is 0 Å². The van der Waals surface area contributed by atoms with E-state index in [0.717, 1.165) is 5.56 Å². The van der Waals surface area contributed by atoms with Crippen LogP contribution in [0.3, 0.4) is 0 Å². The molecular weight excluding hydrogens is 384 g/mol. The zero-order chi connectivity index (χ0) is 22.0. The van der Waals surface area contributed by atoms with Crippen LogP contribution in [0.4, 0.5) is 0 Å². The first-order chi connectivity index (χ1) is 14.1. The zero-order valence-electron chi connectivity index (χ0n) is 18.0. The molecule has 1 aromatic rings. The highest BCUT2D eigenvalue weighted by Gasteiger charge is 2.48. The van der Waals surface area contributed by atoms with Crippen LogP contribution < -0.4 is 0 Å². The number of nitrogens with zero attached hydrogens (tertiary/aromatic N) is 2. The minimum atomic E-state index is -1.13. The molecule has 0 unspecified atom stereocenters. The summed E-state index contributed by atoms with van der Waals surface area (Å²) in [5.74, 6) is -1.19. The van der Waals surface area contributed by atoms with Crippen LogP contribution in [0.2, 0.25) is 0 Å². The standard InChI is InChI=1S/C23H28N2O5/c1-6-28-20(27)18-19(26)25(16-17-10-8-7-9-11-17)23(24-18)14-12-22(5,13-15-23)30-29-21(2,3)4/h7-15H,6,16H2,1-5H3. The second-order valence-electron chi connectivity index (χ2n) is 8.47. The van der Waals surface area contributed by atoms with E-state index in [1.807, 2.05) is 58.0 Å². The van der Waals surface area contributed by atoms with Crippen molar-refractivity contribution < 1.29 is 24.1 Å². The number of esters is 1. The summed E-state index contributed by atoms with van der Waals surface area (Å²) < 4.78 is 5.04. The lowest BCUT2D eigenvalue weighted by molar-refractivity contribution is -0.380. The first kappa shape index (κ1) is 21.9. The molecule has 1 spiro atoms. The van der Waals surface area contributed by atoms with Crippen LogP contribution >= 0.6 is 0 Å². The Kier molecular flexibility index (Phi) is 5.97. The Morgan fingerprint density at radius 2 is 1.73 bits per heavy atom. The molecule has 0 bridgehead atoms. The van der Waals surface area contributed by atoms with Crippen LogP contribution in [-0.4, -0.2) is 46.0 Å². The Labute approximate surface area is 176 Å². The van der Waals surface area contributed by atoms with Gasteiger partial charge in [0.05, 0.1) is 12.2 Å². The van der Waals surface area contributed by atoms with Crippen LogP contribution in [0.25, 0.3) is 0 Å². The third kappa shape index (κ3) is 4.68. The highest BCUT2D eigenvalue weighted by molar-refractivity contribution is 6.64. The van der Waals surface area contributed by atoms with Gasteiger partial charge in [-0.3, -0.25) is 4.79 Å². The van der Waals surface area contributed by atoms with E-state index in [1.165, 1.54) is 0 Å². The van der Waals surface area contributed by atoms with Gasteiger partial charge in [0.25, 0.3) is 5.91 Å². The van der Waals surface area contributed by atoms with Crippen molar-refractivity contribution in [1.82, 2.24) is 4.90 Å². The van der Waals surface area contributed by atoms with Gasteiger partial charge in [-0.15, -0.1) is 0 Å². The topological polar surface area (TPSA) is 77.4 Å². The fourth-order valence-corrected chi connectivity index (χ4v) is 3.09. The van der Waals surface area contributed by atoms with Crippen molar-refractivity contribution in [2.45, 2.75) is 58.0 Å². The molecule has 0 saturated heterocycles. The van der Waals surface area contributed by atoms with Crippen molar-refractivity contribution in [2.24, 2.45) is 4.99 Å². The second kappa shape index (κ2) is 8.16. The van der Waals surface area contributed by atoms with Crippen molar-refractivity contribution in [3.05, 3.63) is 60.2 Å². The van der Waals surface area contributed by atoms with Gasteiger partial charge in [0.15, 0.2) is 5.66 Å². The van der Waals surface area contributed by atoms with Gasteiger partial charge in [0.2, 0.25) is 5.71 Å². The van der Waals surface area contributed by atoms with Crippen molar-refractivity contribution in [1.29, 1.82) is 0 Å². The summed E-state index contributed by atoms with van der Waals surface area (Å²) in [7, 11) is 0. The number of rotatable bonds is 6. The third-order valence-electron chi connectivity index (χ3n) is 4.61. The minimum absolute atomic E-state index is 0.165. The maximum Gasteiger partial charge on any atom is 0.362 e. The molecule has 0 aromatic heterocycles. The molecule has 0 N–H and O–H groups in total. The quantitative estimate of drug-likeness (QED) is 0.310. The van der Waals surface area contributed by atoms with E-state index in [1.54, 1.807) is 36.1 Å². The highest BCUT2D eigenvalue weighted by atomic mass is 17.2. The third-order valence-corrected chi connectivity index (χ3v) is 4.61. The van der Waals surface area contributed by atoms with Crippen LogP contribution in [0, 0.1) is 0 Å². The van der Waals surface area contributed by atoms with Gasteiger partial charge in [-0.1, -0.05) is 30.3 Å². The molecule has 3 rings (SSSR count). The number of hydrogen-bond acceptors (Lipinski definition) is 6. The Bertz CT molecular complexity index is 882. The fourth-order valence-electron chi connectivity index (χ4n) is 3.09. The van der Waals surface area contributed by atoms with Crippen molar-refractivity contribution in [3.63, 3.8) is 0 Å². The van der Waals surface area contributed by atoms with E-state index in [4.69, 9.17) is 14.5 Å². The largest absolute Gasteiger partial charge is 0.461 e. The number of hydrogen-bond donors (Lipinski definition) is 0. The summed E-state index contributed by atoms with van der Waals surface area (Å²) in [5, 5.41) is 0. The lowest BCUT2D eigenvalue weighted by atomic mass is 9.93. The smallest absolute Gasteiger partial charge is 0.362 e. The monoisotopic (exact) mass is 412 g/mol. The molecule has 1 aliphatic heterocycles. The Hall–Kier alpha value is -2.77. The van der Waals surface area contributed by atoms with Gasteiger partial charge in [0.1, 0.15) is 5.60 Å². The van der Waals surface area contributed by atoms with Crippen molar-refractivity contribution >= 4 is 17.6 Å². The van der Waals surface area contributed by atoms with Gasteiger partial charge in [0, 0.05) is 6.54 Å². The SMILES string of the molecule is CCOC(=O)C1=NC2(C=CC(C)(OOC(C)(C)C)C=C2)N(Cc2ccccc2)C1=O. The Morgan fingerprint density at radius 1 is 1.10 bits per heavy atom. The van der Waals surface area contributed by atoms with Crippen molar-refractivity contribution in [3.8, 4) is 0 Å². The van der Waals surface area contributed by atoms with Gasteiger partial charge in [-0.2, -0.15) is 0 Å². The average molecular weight is 412 g/mol. The van der Waals surface area contributed by atoms with Gasteiger partial charge >= 0.3 is 5.97 Å². The predicted molar refractivity (Wildman–Crippen MR) is 112 cm³/mol. The Balaban J connectivity index is 1.92. The van der Waals surface area contributed by atoms with E-state index in [2.05, 4.69) is 4.99 Å². The number of amides is 1. The first-order valence-corrected chi connectivity index (χ1v) is 9.98. The lowest BCUT2D eigenvalue weighted by Gasteiger charge is -2.36. The van der Waals surface area contributed by atoms with Gasteiger partial charge < -0.3 is 9.64 Å². The van der Waals surface area contributed by atoms with Crippen LogP contribution in [0.1, 0.15) is 40.2 Å². The number of aliphatic imine (C=N–C) groups is 1. The van der Waals surface area contributed by atoms with Crippen LogP contribution in [0.5, 0.6) is 0 Å². The molecule has 7 nitrogen and oxygen atoms in total. The predicted octanol–water partition coefficient (Wildman–Crippen LogP) is 3.36. The van der Waals surface area contributed by atoms with Crippen LogP contribution in [-0.2, 0) is 30.6 Å². The molecule has 0 fully saturated rings. The molecular formula is C23H28N2O5. The highest BCUT2D eigenvalue weighted by Crippen LogP contribution is 2.36. The number of carbonyl (C=O) groups is 2. The summed E-state index contributed by atoms with van der Waals surface area (Å²) in [6, 6.07) is 9.55. The maximum absolute atomic E-state index is 13.1. The molecule has 1 heterocycles. The number of carbonyl (C=O) groups excluding carboxylic acids is 2. The van der Waals surface area contributed by atoms with E-state index in [9.17, 15) is 9.59 Å². The zero-order valence-corrected chi connectivity index (χ0v) is 18.0. The van der Waals surface area contributed by atoms with E-state index in [-0.39, 0.29) is 18.9 Å². The summed E-state index contributed by atoms with van der Waals surface area (Å²) in [6.07, 6.45) is 7.07. The van der Waals surface area contributed by atoms with Crippen LogP contribution in [0.15, 0.2) is 59.6 Å². The van der Waals surface area contributed by atoms with Crippen molar-refractivity contribution in [2.75, 3.05) is 6.61 Å². The molecule has 1 aromatic carbocycles. The molecule has 1 aliphatic carbocycles. The number of ether oxygens (including phenoxy) is 1. The van der Waals surface area contributed by atoms with E-state index < -0.39 is 28.7 Å². The lowest BCUT2D eigenvalue weighted by Crippen LogP contribution is -2.46. The maximum atomic E-state index is 13.1. The summed E-state index contributed by atoms with van der Waals surface area (Å²) >= 11 is 0. The molecule has 0 saturated carbocycles. The molecule has 0 radical (unpaired) electrons. The van der Waals surface area contributed by atoms with Gasteiger partial charge in [-0.25, -0.2) is 19.6 Å². The van der Waals surface area contributed by atoms with Gasteiger partial charge in [-0.05, 0) is 64.5 Å². The molecule has 0 atom stereocenters. The summed E-state index contributed by atoms with van der Waals surface area (Å²) in [6.45, 7) is 9.65. The molecule has 30 heavy (non-hydrogen) atoms. The fraction of sp³-hybridized carbons (Fsp3) is 0.435. The second-order valence-corrected chi connectivity index (χ2v) is 8.47. The minimum Gasteiger partial charge on any atom is -0.461 e. The molecule has 1 amide bonds. The summed E-state index contributed by atoms with van der Waals surface area (Å²) in [4.78, 5) is 42.5. The normalized spacial score (nSPS) is 25.7. The molecule has 160 valence electrons. The Morgan fingerprint density at radius 3 is 2.30 bits per heavy atom. The molecule has 2 aliphatic rings. The first-order valence-electron chi connectivity index (χ1n) is 9.98. The molecule has 7 heteroatoms. The average Bonchev–Trinajstić information content (AvgIpc) is 2.96. The van der Waals surface area contributed by atoms with E-state index >= 15 is 0 Å². The summed E-state index contributed by atoms with van der Waals surface area (Å²) in [5.41, 5.74) is -1.72.